The summed E-state index contributed by atoms with van der Waals surface area (Å²) < 4.78 is 11.0. The second-order valence-electron chi connectivity index (χ2n) is 4.56. The minimum absolute atomic E-state index is 0.130. The Kier molecular flexibility index (Phi) is 3.43. The van der Waals surface area contributed by atoms with Crippen LogP contribution in [0.15, 0.2) is 12.1 Å². The van der Waals surface area contributed by atoms with Crippen molar-refractivity contribution < 1.29 is 14.3 Å². The third-order valence-electron chi connectivity index (χ3n) is 2.97. The molecule has 0 aliphatic carbocycles. The first-order valence-corrected chi connectivity index (χ1v) is 5.87. The maximum Gasteiger partial charge on any atom is 0.243 e. The fraction of sp³-hybridized carbons (Fsp3) is 0.462. The van der Waals surface area contributed by atoms with Crippen molar-refractivity contribution >= 4 is 5.91 Å². The van der Waals surface area contributed by atoms with Crippen LogP contribution >= 0.6 is 0 Å². The van der Waals surface area contributed by atoms with Crippen LogP contribution in [0.5, 0.6) is 11.5 Å². The molecule has 0 radical (unpaired) electrons. The van der Waals surface area contributed by atoms with Crippen LogP contribution in [-0.2, 0) is 4.79 Å². The van der Waals surface area contributed by atoms with Crippen LogP contribution < -0.4 is 15.2 Å². The van der Waals surface area contributed by atoms with Crippen molar-refractivity contribution in [3.63, 3.8) is 0 Å². The number of nitrogens with zero attached hydrogens (tertiary/aromatic N) is 1. The van der Waals surface area contributed by atoms with E-state index in [0.29, 0.717) is 24.7 Å². The van der Waals surface area contributed by atoms with Crippen molar-refractivity contribution in [3.05, 3.63) is 23.3 Å². The summed E-state index contributed by atoms with van der Waals surface area (Å²) in [6, 6.07) is 3.00. The topological polar surface area (TPSA) is 64.8 Å². The van der Waals surface area contributed by atoms with Gasteiger partial charge in [-0.2, -0.15) is 0 Å². The van der Waals surface area contributed by atoms with Gasteiger partial charge < -0.3 is 20.1 Å². The van der Waals surface area contributed by atoms with Crippen LogP contribution in [0.25, 0.3) is 0 Å². The molecular weight excluding hydrogens is 232 g/mol. The third kappa shape index (κ3) is 2.26. The fourth-order valence-electron chi connectivity index (χ4n) is 1.95. The van der Waals surface area contributed by atoms with Gasteiger partial charge in [0.1, 0.15) is 19.3 Å². The molecule has 18 heavy (non-hydrogen) atoms. The van der Waals surface area contributed by atoms with E-state index in [-0.39, 0.29) is 5.91 Å². The van der Waals surface area contributed by atoms with Gasteiger partial charge in [0.2, 0.25) is 5.91 Å². The molecule has 1 unspecified atom stereocenters. The molecule has 1 atom stereocenters. The van der Waals surface area contributed by atoms with Gasteiger partial charge in [-0.3, -0.25) is 4.79 Å². The lowest BCUT2D eigenvalue weighted by atomic mass is 10.00. The van der Waals surface area contributed by atoms with Gasteiger partial charge in [0, 0.05) is 14.1 Å². The van der Waals surface area contributed by atoms with Crippen molar-refractivity contribution in [3.8, 4) is 11.5 Å². The summed E-state index contributed by atoms with van der Waals surface area (Å²) in [6.45, 7) is 2.98. The molecule has 2 rings (SSSR count). The summed E-state index contributed by atoms with van der Waals surface area (Å²) in [5, 5.41) is 0. The Balaban J connectivity index is 2.36. The fourth-order valence-corrected chi connectivity index (χ4v) is 1.95. The maximum atomic E-state index is 11.9. The number of rotatable bonds is 2. The Morgan fingerprint density at radius 2 is 1.83 bits per heavy atom. The molecule has 1 aliphatic rings. The molecule has 0 aromatic heterocycles. The van der Waals surface area contributed by atoms with Crippen LogP contribution in [0.3, 0.4) is 0 Å². The van der Waals surface area contributed by atoms with Crippen LogP contribution in [0.4, 0.5) is 0 Å². The lowest BCUT2D eigenvalue weighted by Gasteiger charge is -2.23. The molecule has 0 fully saturated rings. The molecule has 0 saturated carbocycles. The highest BCUT2D eigenvalue weighted by molar-refractivity contribution is 5.83. The number of carbonyl (C=O) groups is 1. The summed E-state index contributed by atoms with van der Waals surface area (Å²) in [7, 11) is 3.38. The van der Waals surface area contributed by atoms with Gasteiger partial charge in [-0.15, -0.1) is 0 Å². The Bertz CT molecular complexity index is 472. The predicted molar refractivity (Wildman–Crippen MR) is 67.8 cm³/mol. The monoisotopic (exact) mass is 250 g/mol. The Hall–Kier alpha value is -1.75. The second kappa shape index (κ2) is 4.86. The quantitative estimate of drug-likeness (QED) is 0.845. The zero-order valence-corrected chi connectivity index (χ0v) is 10.9. The number of benzene rings is 1. The summed E-state index contributed by atoms with van der Waals surface area (Å²) in [6.07, 6.45) is 0. The molecule has 2 N–H and O–H groups in total. The highest BCUT2D eigenvalue weighted by Crippen LogP contribution is 2.34. The molecule has 1 heterocycles. The Morgan fingerprint density at radius 1 is 1.28 bits per heavy atom. The molecular formula is C13H18N2O3. The van der Waals surface area contributed by atoms with E-state index in [4.69, 9.17) is 15.2 Å². The summed E-state index contributed by atoms with van der Waals surface area (Å²) in [4.78, 5) is 13.4. The predicted octanol–water partition coefficient (Wildman–Crippen LogP) is 0.854. The minimum atomic E-state index is -0.671. The number of amides is 1. The minimum Gasteiger partial charge on any atom is -0.486 e. The molecule has 5 nitrogen and oxygen atoms in total. The van der Waals surface area contributed by atoms with E-state index in [1.165, 1.54) is 4.90 Å². The molecule has 0 bridgehead atoms. The molecule has 0 saturated heterocycles. The average Bonchev–Trinajstić information content (AvgIpc) is 2.36. The van der Waals surface area contributed by atoms with Crippen molar-refractivity contribution in [2.24, 2.45) is 5.73 Å². The van der Waals surface area contributed by atoms with Crippen molar-refractivity contribution in [2.75, 3.05) is 27.3 Å². The van der Waals surface area contributed by atoms with E-state index in [1.54, 1.807) is 20.2 Å². The largest absolute Gasteiger partial charge is 0.486 e. The molecule has 1 amide bonds. The second-order valence-corrected chi connectivity index (χ2v) is 4.56. The van der Waals surface area contributed by atoms with Gasteiger partial charge in [0.25, 0.3) is 0 Å². The normalized spacial score (nSPS) is 15.1. The number of hydrogen-bond donors (Lipinski definition) is 1. The van der Waals surface area contributed by atoms with Crippen molar-refractivity contribution in [1.82, 2.24) is 4.90 Å². The summed E-state index contributed by atoms with van der Waals surface area (Å²) >= 11 is 0. The molecule has 5 heteroatoms. The van der Waals surface area contributed by atoms with E-state index in [2.05, 4.69) is 0 Å². The van der Waals surface area contributed by atoms with E-state index < -0.39 is 6.04 Å². The highest BCUT2D eigenvalue weighted by Gasteiger charge is 2.22. The SMILES string of the molecule is Cc1cc2c(cc1C(N)C(=O)N(C)C)OCCO2. The number of ether oxygens (including phenoxy) is 2. The van der Waals surface area contributed by atoms with E-state index in [0.717, 1.165) is 11.1 Å². The molecule has 1 aliphatic heterocycles. The first-order valence-electron chi connectivity index (χ1n) is 5.87. The molecule has 1 aromatic rings. The van der Waals surface area contributed by atoms with E-state index in [1.807, 2.05) is 13.0 Å². The summed E-state index contributed by atoms with van der Waals surface area (Å²) in [5.41, 5.74) is 7.69. The first kappa shape index (κ1) is 12.7. The zero-order valence-electron chi connectivity index (χ0n) is 10.9. The van der Waals surface area contributed by atoms with Crippen LogP contribution in [0.1, 0.15) is 17.2 Å². The highest BCUT2D eigenvalue weighted by atomic mass is 16.6. The van der Waals surface area contributed by atoms with Gasteiger partial charge in [0.15, 0.2) is 11.5 Å². The zero-order chi connectivity index (χ0) is 13.3. The van der Waals surface area contributed by atoms with Gasteiger partial charge in [-0.1, -0.05) is 0 Å². The first-order chi connectivity index (χ1) is 8.50. The maximum absolute atomic E-state index is 11.9. The van der Waals surface area contributed by atoms with Gasteiger partial charge >= 0.3 is 0 Å². The number of likely N-dealkylation sites (N-methyl/N-ethyl adjacent to an activating group) is 1. The Morgan fingerprint density at radius 3 is 2.39 bits per heavy atom. The number of hydrogen-bond acceptors (Lipinski definition) is 4. The number of carbonyl (C=O) groups excluding carboxylic acids is 1. The average molecular weight is 250 g/mol. The smallest absolute Gasteiger partial charge is 0.243 e. The number of fused-ring (bicyclic) bond motifs is 1. The number of aryl methyl sites for hydroxylation is 1. The van der Waals surface area contributed by atoms with Crippen LogP contribution in [-0.4, -0.2) is 38.1 Å². The van der Waals surface area contributed by atoms with Crippen molar-refractivity contribution in [1.29, 1.82) is 0 Å². The molecule has 1 aromatic carbocycles. The lowest BCUT2D eigenvalue weighted by Crippen LogP contribution is -2.33. The van der Waals surface area contributed by atoms with Crippen molar-refractivity contribution in [2.45, 2.75) is 13.0 Å². The third-order valence-corrected chi connectivity index (χ3v) is 2.97. The molecule has 0 spiro atoms. The van der Waals surface area contributed by atoms with Gasteiger partial charge in [-0.25, -0.2) is 0 Å². The van der Waals surface area contributed by atoms with Gasteiger partial charge in [-0.05, 0) is 30.2 Å². The van der Waals surface area contributed by atoms with Crippen LogP contribution in [0, 0.1) is 6.92 Å². The van der Waals surface area contributed by atoms with Crippen LogP contribution in [0.2, 0.25) is 0 Å². The van der Waals surface area contributed by atoms with Gasteiger partial charge in [0.05, 0.1) is 0 Å². The standard InChI is InChI=1S/C13H18N2O3/c1-8-6-10-11(18-5-4-17-10)7-9(8)12(14)13(16)15(2)3/h6-7,12H,4-5,14H2,1-3H3. The van der Waals surface area contributed by atoms with E-state index >= 15 is 0 Å². The summed E-state index contributed by atoms with van der Waals surface area (Å²) in [5.74, 6) is 1.24. The Labute approximate surface area is 106 Å². The molecule has 98 valence electrons. The van der Waals surface area contributed by atoms with E-state index in [9.17, 15) is 4.79 Å². The lowest BCUT2D eigenvalue weighted by molar-refractivity contribution is -0.130. The number of nitrogens with two attached hydrogens (primary N) is 1.